The molecular formula is C26H46ClN. The van der Waals surface area contributed by atoms with Gasteiger partial charge in [-0.15, -0.1) is 0 Å². The predicted octanol–water partition coefficient (Wildman–Crippen LogP) is 3.83. The molecule has 2 N–H and O–H groups in total. The van der Waals surface area contributed by atoms with Crippen LogP contribution in [0.5, 0.6) is 0 Å². The van der Waals surface area contributed by atoms with Gasteiger partial charge in [-0.3, -0.25) is 0 Å². The summed E-state index contributed by atoms with van der Waals surface area (Å²) in [6, 6.07) is 10.8. The third kappa shape index (κ3) is 18.6. The van der Waals surface area contributed by atoms with Crippen molar-refractivity contribution in [3.8, 4) is 0 Å². The number of rotatable bonds is 19. The lowest BCUT2D eigenvalue weighted by atomic mass is 10.1. The van der Waals surface area contributed by atoms with Gasteiger partial charge in [0.2, 0.25) is 0 Å². The first kappa shape index (κ1) is 27.2. The highest BCUT2D eigenvalue weighted by molar-refractivity contribution is 5.14. The molecule has 1 aromatic carbocycles. The second-order valence-electron chi connectivity index (χ2n) is 8.04. The first-order chi connectivity index (χ1) is 13.4. The lowest BCUT2D eigenvalue weighted by Crippen LogP contribution is -3.00. The van der Waals surface area contributed by atoms with Gasteiger partial charge in [0.15, 0.2) is 0 Å². The molecule has 0 aliphatic rings. The molecule has 0 atom stereocenters. The van der Waals surface area contributed by atoms with Crippen LogP contribution in [-0.4, -0.2) is 13.1 Å². The molecule has 0 saturated heterocycles. The van der Waals surface area contributed by atoms with E-state index in [-0.39, 0.29) is 12.4 Å². The van der Waals surface area contributed by atoms with Crippen molar-refractivity contribution in [2.45, 2.75) is 103 Å². The number of halogens is 1. The Morgan fingerprint density at radius 2 is 1.18 bits per heavy atom. The van der Waals surface area contributed by atoms with Crippen molar-refractivity contribution in [3.63, 3.8) is 0 Å². The van der Waals surface area contributed by atoms with Crippen LogP contribution in [-0.2, 0) is 6.42 Å². The molecular weight excluding hydrogens is 362 g/mol. The summed E-state index contributed by atoms with van der Waals surface area (Å²) >= 11 is 0. The maximum Gasteiger partial charge on any atom is 0.0796 e. The maximum absolute atomic E-state index is 2.49. The smallest absolute Gasteiger partial charge is 0.0796 e. The third-order valence-electron chi connectivity index (χ3n) is 5.40. The molecule has 0 aromatic heterocycles. The molecule has 0 bridgehead atoms. The fourth-order valence-electron chi connectivity index (χ4n) is 3.59. The topological polar surface area (TPSA) is 16.6 Å². The maximum atomic E-state index is 2.49. The SMILES string of the molecule is CCCCCCCC/C=C\CCCCCCCC[NH2+]CCc1ccccc1.[Cl-]. The van der Waals surface area contributed by atoms with E-state index in [4.69, 9.17) is 0 Å². The van der Waals surface area contributed by atoms with Crippen molar-refractivity contribution in [1.29, 1.82) is 0 Å². The highest BCUT2D eigenvalue weighted by Crippen LogP contribution is 2.09. The first-order valence-corrected chi connectivity index (χ1v) is 11.9. The third-order valence-corrected chi connectivity index (χ3v) is 5.40. The minimum Gasteiger partial charge on any atom is -1.00 e. The monoisotopic (exact) mass is 407 g/mol. The Labute approximate surface area is 182 Å². The van der Waals surface area contributed by atoms with E-state index in [9.17, 15) is 0 Å². The molecule has 0 amide bonds. The van der Waals surface area contributed by atoms with Gasteiger partial charge in [0.25, 0.3) is 0 Å². The summed E-state index contributed by atoms with van der Waals surface area (Å²) in [4.78, 5) is 0. The normalized spacial score (nSPS) is 11.0. The van der Waals surface area contributed by atoms with Crippen LogP contribution in [0, 0.1) is 0 Å². The molecule has 0 aliphatic heterocycles. The largest absolute Gasteiger partial charge is 1.00 e. The van der Waals surface area contributed by atoms with E-state index in [0.717, 1.165) is 0 Å². The van der Waals surface area contributed by atoms with Gasteiger partial charge in [-0.25, -0.2) is 0 Å². The average molecular weight is 408 g/mol. The van der Waals surface area contributed by atoms with Gasteiger partial charge in [-0.1, -0.05) is 101 Å². The number of hydrogen-bond acceptors (Lipinski definition) is 0. The molecule has 1 aromatic rings. The average Bonchev–Trinajstić information content (AvgIpc) is 2.70. The zero-order chi connectivity index (χ0) is 19.3. The fraction of sp³-hybridized carbons (Fsp3) is 0.692. The second-order valence-corrected chi connectivity index (χ2v) is 8.04. The van der Waals surface area contributed by atoms with Crippen LogP contribution in [0.2, 0.25) is 0 Å². The second kappa shape index (κ2) is 22.5. The molecule has 2 heteroatoms. The van der Waals surface area contributed by atoms with Gasteiger partial charge < -0.3 is 17.7 Å². The number of hydrogen-bond donors (Lipinski definition) is 1. The summed E-state index contributed by atoms with van der Waals surface area (Å²) < 4.78 is 0. The van der Waals surface area contributed by atoms with Crippen LogP contribution in [0.25, 0.3) is 0 Å². The lowest BCUT2D eigenvalue weighted by molar-refractivity contribution is -0.654. The van der Waals surface area contributed by atoms with Gasteiger partial charge in [0.1, 0.15) is 0 Å². The fourth-order valence-corrected chi connectivity index (χ4v) is 3.59. The van der Waals surface area contributed by atoms with Gasteiger partial charge in [0, 0.05) is 6.42 Å². The van der Waals surface area contributed by atoms with Crippen molar-refractivity contribution in [2.75, 3.05) is 13.1 Å². The van der Waals surface area contributed by atoms with E-state index < -0.39 is 0 Å². The zero-order valence-corrected chi connectivity index (χ0v) is 19.3. The summed E-state index contributed by atoms with van der Waals surface area (Å²) in [6.45, 7) is 4.82. The number of nitrogens with two attached hydrogens (primary N) is 1. The molecule has 162 valence electrons. The van der Waals surface area contributed by atoms with Crippen molar-refractivity contribution >= 4 is 0 Å². The highest BCUT2D eigenvalue weighted by Gasteiger charge is 1.95. The number of benzene rings is 1. The minimum absolute atomic E-state index is 0. The van der Waals surface area contributed by atoms with Gasteiger partial charge in [0.05, 0.1) is 13.1 Å². The van der Waals surface area contributed by atoms with E-state index in [1.54, 1.807) is 0 Å². The Bertz CT molecular complexity index is 429. The number of quaternary nitrogens is 1. The van der Waals surface area contributed by atoms with Crippen molar-refractivity contribution in [1.82, 2.24) is 0 Å². The van der Waals surface area contributed by atoms with Gasteiger partial charge in [-0.05, 0) is 44.1 Å². The van der Waals surface area contributed by atoms with Crippen LogP contribution in [0.3, 0.4) is 0 Å². The van der Waals surface area contributed by atoms with Crippen LogP contribution in [0.15, 0.2) is 42.5 Å². The van der Waals surface area contributed by atoms with Crippen molar-refractivity contribution < 1.29 is 17.7 Å². The summed E-state index contributed by atoms with van der Waals surface area (Å²) in [5.41, 5.74) is 1.47. The van der Waals surface area contributed by atoms with E-state index in [1.165, 1.54) is 115 Å². The number of unbranched alkanes of at least 4 members (excludes halogenated alkanes) is 12. The van der Waals surface area contributed by atoms with Crippen molar-refractivity contribution in [3.05, 3.63) is 48.0 Å². The Balaban J connectivity index is 0.00000729. The minimum atomic E-state index is 0. The van der Waals surface area contributed by atoms with Gasteiger partial charge >= 0.3 is 0 Å². The summed E-state index contributed by atoms with van der Waals surface area (Å²) in [6.07, 6.45) is 25.5. The van der Waals surface area contributed by atoms with Crippen LogP contribution in [0.4, 0.5) is 0 Å². The Hall–Kier alpha value is -0.790. The van der Waals surface area contributed by atoms with E-state index in [1.807, 2.05) is 0 Å². The van der Waals surface area contributed by atoms with Crippen LogP contribution >= 0.6 is 0 Å². The summed E-state index contributed by atoms with van der Waals surface area (Å²) in [7, 11) is 0. The van der Waals surface area contributed by atoms with Crippen molar-refractivity contribution in [2.24, 2.45) is 0 Å². The molecule has 0 radical (unpaired) electrons. The Morgan fingerprint density at radius 3 is 1.79 bits per heavy atom. The molecule has 0 spiro atoms. The number of allylic oxidation sites excluding steroid dienone is 2. The molecule has 0 fully saturated rings. The first-order valence-electron chi connectivity index (χ1n) is 11.9. The molecule has 0 unspecified atom stereocenters. The molecule has 0 heterocycles. The molecule has 1 rings (SSSR count). The van der Waals surface area contributed by atoms with E-state index >= 15 is 0 Å². The van der Waals surface area contributed by atoms with E-state index in [0.29, 0.717) is 0 Å². The van der Waals surface area contributed by atoms with Crippen LogP contribution in [0.1, 0.15) is 102 Å². The lowest BCUT2D eigenvalue weighted by Gasteiger charge is -2.03. The molecule has 1 nitrogen and oxygen atoms in total. The summed E-state index contributed by atoms with van der Waals surface area (Å²) in [5, 5.41) is 2.49. The molecule has 0 aliphatic carbocycles. The Morgan fingerprint density at radius 1 is 0.643 bits per heavy atom. The van der Waals surface area contributed by atoms with Gasteiger partial charge in [-0.2, -0.15) is 0 Å². The molecule has 28 heavy (non-hydrogen) atoms. The molecule has 0 saturated carbocycles. The zero-order valence-electron chi connectivity index (χ0n) is 18.5. The Kier molecular flexibility index (Phi) is 21.9. The van der Waals surface area contributed by atoms with Crippen LogP contribution < -0.4 is 17.7 Å². The standard InChI is InChI=1S/C26H45N.ClH/c1-2-3-4-5-6-7-8-9-10-11-12-13-14-15-16-20-24-27-25-23-26-21-18-17-19-22-26;/h9-10,17-19,21-22,27H,2-8,11-16,20,23-25H2,1H3;1H/b10-9-;. The quantitative estimate of drug-likeness (QED) is 0.265. The predicted molar refractivity (Wildman–Crippen MR) is 121 cm³/mol. The highest BCUT2D eigenvalue weighted by atomic mass is 35.5. The van der Waals surface area contributed by atoms with E-state index in [2.05, 4.69) is 54.7 Å². The summed E-state index contributed by atoms with van der Waals surface area (Å²) in [5.74, 6) is 0.